The first-order valence-electron chi connectivity index (χ1n) is 8.46. The molecule has 0 bridgehead atoms. The van der Waals surface area contributed by atoms with Crippen molar-refractivity contribution in [1.82, 2.24) is 4.90 Å². The molecule has 1 saturated heterocycles. The van der Waals surface area contributed by atoms with Crippen LogP contribution in [-0.4, -0.2) is 54.7 Å². The van der Waals surface area contributed by atoms with Crippen LogP contribution < -0.4 is 4.90 Å². The molecule has 6 nitrogen and oxygen atoms in total. The maximum absolute atomic E-state index is 12.1. The van der Waals surface area contributed by atoms with E-state index in [1.165, 1.54) is 0 Å². The minimum Gasteiger partial charge on any atom is -0.458 e. The van der Waals surface area contributed by atoms with Crippen molar-refractivity contribution in [2.75, 3.05) is 37.7 Å². The number of thioether (sulfide) groups is 1. The standard InChI is InChI=1S/C18H26N2O4S/c1-5-23-17(22)25-15-8-6-14(7-9-15)19-10-12-20(13-11-19)16(21)24-18(2,3)4/h6-9H,5,10-13H2,1-4H3. The van der Waals surface area contributed by atoms with Gasteiger partial charge in [0.25, 0.3) is 0 Å². The third kappa shape index (κ3) is 6.16. The topological polar surface area (TPSA) is 59.1 Å². The number of anilines is 1. The fourth-order valence-electron chi connectivity index (χ4n) is 2.44. The molecule has 0 aliphatic carbocycles. The molecule has 1 amide bonds. The predicted molar refractivity (Wildman–Crippen MR) is 99.3 cm³/mol. The van der Waals surface area contributed by atoms with Gasteiger partial charge in [0.05, 0.1) is 6.61 Å². The Kier molecular flexibility index (Phi) is 6.58. The van der Waals surface area contributed by atoms with E-state index in [-0.39, 0.29) is 11.4 Å². The van der Waals surface area contributed by atoms with Crippen LogP contribution in [-0.2, 0) is 9.47 Å². The summed E-state index contributed by atoms with van der Waals surface area (Å²) in [5, 5.41) is -0.291. The minimum absolute atomic E-state index is 0.256. The Hall–Kier alpha value is -1.89. The third-order valence-electron chi connectivity index (χ3n) is 3.60. The highest BCUT2D eigenvalue weighted by molar-refractivity contribution is 8.13. The van der Waals surface area contributed by atoms with Crippen LogP contribution >= 0.6 is 11.8 Å². The SMILES string of the molecule is CCOC(=O)Sc1ccc(N2CCN(C(=O)OC(C)(C)C)CC2)cc1. The molecule has 2 rings (SSSR count). The van der Waals surface area contributed by atoms with Crippen LogP contribution in [0.25, 0.3) is 0 Å². The zero-order chi connectivity index (χ0) is 18.4. The van der Waals surface area contributed by atoms with Crippen LogP contribution in [0.5, 0.6) is 0 Å². The molecule has 1 aliphatic heterocycles. The number of hydrogen-bond acceptors (Lipinski definition) is 6. The molecule has 7 heteroatoms. The molecule has 1 fully saturated rings. The number of piperazine rings is 1. The van der Waals surface area contributed by atoms with E-state index in [0.717, 1.165) is 35.4 Å². The summed E-state index contributed by atoms with van der Waals surface area (Å²) in [6.45, 7) is 10.6. The molecule has 1 aliphatic rings. The summed E-state index contributed by atoms with van der Waals surface area (Å²) < 4.78 is 10.3. The Morgan fingerprint density at radius 2 is 1.68 bits per heavy atom. The molecule has 0 aromatic heterocycles. The van der Waals surface area contributed by atoms with Gasteiger partial charge in [-0.3, -0.25) is 0 Å². The van der Waals surface area contributed by atoms with Gasteiger partial charge in [0.15, 0.2) is 0 Å². The summed E-state index contributed by atoms with van der Waals surface area (Å²) in [5.41, 5.74) is 0.609. The van der Waals surface area contributed by atoms with Gasteiger partial charge in [-0.2, -0.15) is 0 Å². The van der Waals surface area contributed by atoms with Gasteiger partial charge in [-0.1, -0.05) is 0 Å². The Balaban J connectivity index is 1.86. The molecule has 0 saturated carbocycles. The molecule has 0 spiro atoms. The number of amides is 1. The smallest absolute Gasteiger partial charge is 0.410 e. The van der Waals surface area contributed by atoms with E-state index in [1.54, 1.807) is 11.8 Å². The number of carbonyl (C=O) groups excluding carboxylic acids is 2. The Labute approximate surface area is 153 Å². The van der Waals surface area contributed by atoms with Gasteiger partial charge in [-0.15, -0.1) is 0 Å². The highest BCUT2D eigenvalue weighted by Gasteiger charge is 2.25. The van der Waals surface area contributed by atoms with E-state index in [9.17, 15) is 9.59 Å². The average Bonchev–Trinajstić information content (AvgIpc) is 2.54. The van der Waals surface area contributed by atoms with Crippen molar-refractivity contribution < 1.29 is 19.1 Å². The van der Waals surface area contributed by atoms with Gasteiger partial charge in [-0.05, 0) is 63.7 Å². The summed E-state index contributed by atoms with van der Waals surface area (Å²) >= 11 is 1.08. The van der Waals surface area contributed by atoms with E-state index in [2.05, 4.69) is 4.90 Å². The summed E-state index contributed by atoms with van der Waals surface area (Å²) in [6, 6.07) is 7.81. The monoisotopic (exact) mass is 366 g/mol. The summed E-state index contributed by atoms with van der Waals surface area (Å²) in [5.74, 6) is 0. The van der Waals surface area contributed by atoms with Gasteiger partial charge < -0.3 is 19.3 Å². The van der Waals surface area contributed by atoms with Crippen LogP contribution in [0.15, 0.2) is 29.2 Å². The second kappa shape index (κ2) is 8.47. The van der Waals surface area contributed by atoms with E-state index in [1.807, 2.05) is 45.0 Å². The molecule has 1 heterocycles. The Bertz CT molecular complexity index is 590. The van der Waals surface area contributed by atoms with Crippen molar-refractivity contribution >= 4 is 28.8 Å². The highest BCUT2D eigenvalue weighted by Crippen LogP contribution is 2.24. The average molecular weight is 366 g/mol. The van der Waals surface area contributed by atoms with Crippen LogP contribution in [0.2, 0.25) is 0 Å². The maximum atomic E-state index is 12.1. The van der Waals surface area contributed by atoms with Crippen molar-refractivity contribution in [3.8, 4) is 0 Å². The van der Waals surface area contributed by atoms with Gasteiger partial charge >= 0.3 is 11.4 Å². The predicted octanol–water partition coefficient (Wildman–Crippen LogP) is 3.99. The molecule has 1 aromatic rings. The largest absolute Gasteiger partial charge is 0.458 e. The Morgan fingerprint density at radius 1 is 1.08 bits per heavy atom. The lowest BCUT2D eigenvalue weighted by Gasteiger charge is -2.36. The molecular weight excluding hydrogens is 340 g/mol. The molecule has 0 radical (unpaired) electrons. The third-order valence-corrected chi connectivity index (χ3v) is 4.39. The first-order valence-corrected chi connectivity index (χ1v) is 9.27. The number of carbonyl (C=O) groups is 2. The van der Waals surface area contributed by atoms with Crippen LogP contribution in [0.4, 0.5) is 15.3 Å². The normalized spacial score (nSPS) is 15.0. The fraction of sp³-hybridized carbons (Fsp3) is 0.556. The molecule has 138 valence electrons. The van der Waals surface area contributed by atoms with Crippen molar-refractivity contribution in [2.24, 2.45) is 0 Å². The van der Waals surface area contributed by atoms with Crippen LogP contribution in [0, 0.1) is 0 Å². The summed E-state index contributed by atoms with van der Waals surface area (Å²) in [4.78, 5) is 28.4. The van der Waals surface area contributed by atoms with Crippen molar-refractivity contribution in [3.05, 3.63) is 24.3 Å². The number of benzene rings is 1. The van der Waals surface area contributed by atoms with Gasteiger partial charge in [0.2, 0.25) is 0 Å². The van der Waals surface area contributed by atoms with Crippen molar-refractivity contribution in [3.63, 3.8) is 0 Å². The first kappa shape index (κ1) is 19.4. The van der Waals surface area contributed by atoms with Gasteiger partial charge in [-0.25, -0.2) is 9.59 Å². The minimum atomic E-state index is -0.472. The zero-order valence-electron chi connectivity index (χ0n) is 15.3. The molecular formula is C18H26N2O4S. The number of rotatable bonds is 3. The lowest BCUT2D eigenvalue weighted by atomic mass is 10.2. The lowest BCUT2D eigenvalue weighted by molar-refractivity contribution is 0.0240. The van der Waals surface area contributed by atoms with Crippen LogP contribution in [0.3, 0.4) is 0 Å². The second-order valence-corrected chi connectivity index (χ2v) is 7.74. The number of ether oxygens (including phenoxy) is 2. The van der Waals surface area contributed by atoms with E-state index >= 15 is 0 Å². The quantitative estimate of drug-likeness (QED) is 0.595. The number of hydrogen-bond donors (Lipinski definition) is 0. The van der Waals surface area contributed by atoms with Crippen molar-refractivity contribution in [2.45, 2.75) is 38.2 Å². The molecule has 0 unspecified atom stereocenters. The maximum Gasteiger partial charge on any atom is 0.410 e. The van der Waals surface area contributed by atoms with Crippen molar-refractivity contribution in [1.29, 1.82) is 0 Å². The van der Waals surface area contributed by atoms with Gasteiger partial charge in [0.1, 0.15) is 5.60 Å². The van der Waals surface area contributed by atoms with E-state index in [4.69, 9.17) is 9.47 Å². The molecule has 1 aromatic carbocycles. The fourth-order valence-corrected chi connectivity index (χ4v) is 3.08. The van der Waals surface area contributed by atoms with E-state index < -0.39 is 5.60 Å². The summed E-state index contributed by atoms with van der Waals surface area (Å²) in [6.07, 6.45) is -0.256. The van der Waals surface area contributed by atoms with Crippen LogP contribution in [0.1, 0.15) is 27.7 Å². The zero-order valence-corrected chi connectivity index (χ0v) is 16.1. The molecule has 0 atom stereocenters. The Morgan fingerprint density at radius 3 is 2.20 bits per heavy atom. The lowest BCUT2D eigenvalue weighted by Crippen LogP contribution is -2.50. The molecule has 0 N–H and O–H groups in total. The van der Waals surface area contributed by atoms with Gasteiger partial charge in [0, 0.05) is 36.8 Å². The van der Waals surface area contributed by atoms with E-state index in [0.29, 0.717) is 19.7 Å². The highest BCUT2D eigenvalue weighted by atomic mass is 32.2. The first-order chi connectivity index (χ1) is 11.8. The summed E-state index contributed by atoms with van der Waals surface area (Å²) in [7, 11) is 0. The second-order valence-electron chi connectivity index (χ2n) is 6.73. The molecule has 25 heavy (non-hydrogen) atoms. The number of nitrogens with zero attached hydrogens (tertiary/aromatic N) is 2.